The van der Waals surface area contributed by atoms with E-state index >= 15 is 0 Å². The molecule has 1 fully saturated rings. The Bertz CT molecular complexity index is 303. The van der Waals surface area contributed by atoms with Crippen LogP contribution < -0.4 is 0 Å². The van der Waals surface area contributed by atoms with Gasteiger partial charge in [-0.1, -0.05) is 18.2 Å². The zero-order valence-electron chi connectivity index (χ0n) is 8.72. The lowest BCUT2D eigenvalue weighted by Gasteiger charge is -2.17. The van der Waals surface area contributed by atoms with Gasteiger partial charge in [-0.2, -0.15) is 0 Å². The molecule has 1 saturated carbocycles. The molecule has 1 N–H and O–H groups in total. The summed E-state index contributed by atoms with van der Waals surface area (Å²) >= 11 is 0. The van der Waals surface area contributed by atoms with Crippen LogP contribution in [-0.4, -0.2) is 34.5 Å². The Labute approximate surface area is 88.9 Å². The van der Waals surface area contributed by atoms with Gasteiger partial charge in [0.05, 0.1) is 0 Å². The number of hydrogen-bond acceptors (Lipinski definition) is 2. The highest BCUT2D eigenvalue weighted by Gasteiger charge is 2.32. The smallest absolute Gasteiger partial charge is 0.323 e. The van der Waals surface area contributed by atoms with Gasteiger partial charge in [0.1, 0.15) is 6.54 Å². The van der Waals surface area contributed by atoms with Crippen LogP contribution in [0.5, 0.6) is 0 Å². The number of carboxylic acids is 1. The average Bonchev–Trinajstić information content (AvgIpc) is 2.97. The highest BCUT2D eigenvalue weighted by atomic mass is 16.4. The van der Waals surface area contributed by atoms with Crippen LogP contribution in [-0.2, 0) is 9.59 Å². The molecule has 82 valence electrons. The van der Waals surface area contributed by atoms with Gasteiger partial charge in [-0.3, -0.25) is 9.59 Å². The quantitative estimate of drug-likeness (QED) is 0.546. The van der Waals surface area contributed by atoms with Crippen LogP contribution in [0.15, 0.2) is 24.3 Å². The highest BCUT2D eigenvalue weighted by molar-refractivity contribution is 5.90. The Morgan fingerprint density at radius 2 is 2.07 bits per heavy atom. The highest BCUT2D eigenvalue weighted by Crippen LogP contribution is 2.26. The molecule has 0 saturated heterocycles. The average molecular weight is 209 g/mol. The fraction of sp³-hybridized carbons (Fsp3) is 0.455. The first-order chi connectivity index (χ1) is 7.15. The molecule has 1 amide bonds. The minimum atomic E-state index is -0.963. The van der Waals surface area contributed by atoms with Crippen LogP contribution in [0.1, 0.15) is 19.8 Å². The molecule has 0 aromatic rings. The predicted octanol–water partition coefficient (Wildman–Crippen LogP) is 1.19. The summed E-state index contributed by atoms with van der Waals surface area (Å²) in [6, 6.07) is 0.129. The van der Waals surface area contributed by atoms with E-state index in [-0.39, 0.29) is 18.5 Å². The van der Waals surface area contributed by atoms with Crippen molar-refractivity contribution < 1.29 is 14.7 Å². The summed E-state index contributed by atoms with van der Waals surface area (Å²) in [6.45, 7) is 1.65. The molecule has 0 aromatic heterocycles. The largest absolute Gasteiger partial charge is 0.480 e. The van der Waals surface area contributed by atoms with Crippen LogP contribution in [0.2, 0.25) is 0 Å². The van der Waals surface area contributed by atoms with Gasteiger partial charge in [-0.05, 0) is 19.8 Å². The first-order valence-corrected chi connectivity index (χ1v) is 4.97. The van der Waals surface area contributed by atoms with Crippen molar-refractivity contribution in [3.63, 3.8) is 0 Å². The summed E-state index contributed by atoms with van der Waals surface area (Å²) in [5.74, 6) is -1.19. The Morgan fingerprint density at radius 1 is 1.40 bits per heavy atom. The van der Waals surface area contributed by atoms with E-state index in [1.165, 1.54) is 11.0 Å². The third kappa shape index (κ3) is 3.97. The van der Waals surface area contributed by atoms with E-state index in [1.54, 1.807) is 12.2 Å². The van der Waals surface area contributed by atoms with Crippen molar-refractivity contribution >= 4 is 11.9 Å². The van der Waals surface area contributed by atoms with E-state index in [0.29, 0.717) is 0 Å². The molecule has 0 spiro atoms. The Morgan fingerprint density at radius 3 is 2.53 bits per heavy atom. The number of carboxylic acid groups (broad SMARTS) is 1. The maximum atomic E-state index is 11.6. The van der Waals surface area contributed by atoms with E-state index in [2.05, 4.69) is 0 Å². The van der Waals surface area contributed by atoms with Crippen LogP contribution in [0, 0.1) is 0 Å². The molecule has 1 aliphatic carbocycles. The second-order valence-corrected chi connectivity index (χ2v) is 3.48. The maximum Gasteiger partial charge on any atom is 0.323 e. The van der Waals surface area contributed by atoms with Gasteiger partial charge in [0.2, 0.25) is 5.91 Å². The number of nitrogens with zero attached hydrogens (tertiary/aromatic N) is 1. The van der Waals surface area contributed by atoms with Crippen molar-refractivity contribution in [1.82, 2.24) is 4.90 Å². The molecule has 1 aliphatic rings. The second-order valence-electron chi connectivity index (χ2n) is 3.48. The third-order valence-electron chi connectivity index (χ3n) is 2.12. The van der Waals surface area contributed by atoms with Crippen molar-refractivity contribution in [2.24, 2.45) is 0 Å². The van der Waals surface area contributed by atoms with Crippen molar-refractivity contribution in [1.29, 1.82) is 0 Å². The number of amides is 1. The lowest BCUT2D eigenvalue weighted by Crippen LogP contribution is -2.36. The summed E-state index contributed by atoms with van der Waals surface area (Å²) in [7, 11) is 0. The van der Waals surface area contributed by atoms with E-state index in [4.69, 9.17) is 5.11 Å². The van der Waals surface area contributed by atoms with Gasteiger partial charge in [-0.15, -0.1) is 0 Å². The number of rotatable bonds is 5. The Kier molecular flexibility index (Phi) is 4.09. The molecule has 0 aromatic carbocycles. The number of aliphatic carboxylic acids is 1. The molecule has 0 atom stereocenters. The number of carbonyl (C=O) groups excluding carboxylic acids is 1. The van der Waals surface area contributed by atoms with E-state index < -0.39 is 5.97 Å². The Balaban J connectivity index is 2.54. The zero-order valence-corrected chi connectivity index (χ0v) is 8.72. The number of hydrogen-bond donors (Lipinski definition) is 1. The number of allylic oxidation sites excluding steroid dienone is 3. The van der Waals surface area contributed by atoms with Gasteiger partial charge >= 0.3 is 5.97 Å². The van der Waals surface area contributed by atoms with E-state index in [1.807, 2.05) is 13.0 Å². The van der Waals surface area contributed by atoms with Crippen molar-refractivity contribution in [3.05, 3.63) is 24.3 Å². The van der Waals surface area contributed by atoms with Crippen molar-refractivity contribution in [2.75, 3.05) is 6.54 Å². The second kappa shape index (κ2) is 5.34. The summed E-state index contributed by atoms with van der Waals surface area (Å²) in [5.41, 5.74) is 0. The van der Waals surface area contributed by atoms with Gasteiger partial charge in [-0.25, -0.2) is 0 Å². The fourth-order valence-corrected chi connectivity index (χ4v) is 1.26. The minimum Gasteiger partial charge on any atom is -0.480 e. The molecular weight excluding hydrogens is 194 g/mol. The third-order valence-corrected chi connectivity index (χ3v) is 2.12. The fourth-order valence-electron chi connectivity index (χ4n) is 1.26. The van der Waals surface area contributed by atoms with Crippen molar-refractivity contribution in [2.45, 2.75) is 25.8 Å². The van der Waals surface area contributed by atoms with Gasteiger partial charge < -0.3 is 10.0 Å². The van der Waals surface area contributed by atoms with Crippen LogP contribution in [0.3, 0.4) is 0 Å². The van der Waals surface area contributed by atoms with E-state index in [9.17, 15) is 9.59 Å². The predicted molar refractivity (Wildman–Crippen MR) is 56.3 cm³/mol. The van der Waals surface area contributed by atoms with Crippen LogP contribution in [0.25, 0.3) is 0 Å². The summed E-state index contributed by atoms with van der Waals surface area (Å²) < 4.78 is 0. The molecule has 4 nitrogen and oxygen atoms in total. The SMILES string of the molecule is CC=CC=CC(=O)N(CC(=O)O)C1CC1. The van der Waals surface area contributed by atoms with E-state index in [0.717, 1.165) is 12.8 Å². The summed E-state index contributed by atoms with van der Waals surface area (Å²) in [5, 5.41) is 8.65. The molecular formula is C11H15NO3. The Hall–Kier alpha value is -1.58. The van der Waals surface area contributed by atoms with Crippen LogP contribution in [0.4, 0.5) is 0 Å². The topological polar surface area (TPSA) is 57.6 Å². The molecule has 1 rings (SSSR count). The van der Waals surface area contributed by atoms with Crippen LogP contribution >= 0.6 is 0 Å². The first-order valence-electron chi connectivity index (χ1n) is 4.97. The summed E-state index contributed by atoms with van der Waals surface area (Å²) in [6.07, 6.45) is 8.40. The molecule has 0 unspecified atom stereocenters. The van der Waals surface area contributed by atoms with Crippen molar-refractivity contribution in [3.8, 4) is 0 Å². The van der Waals surface area contributed by atoms with Gasteiger partial charge in [0.15, 0.2) is 0 Å². The molecule has 0 heterocycles. The zero-order chi connectivity index (χ0) is 11.3. The van der Waals surface area contributed by atoms with Gasteiger partial charge in [0.25, 0.3) is 0 Å². The van der Waals surface area contributed by atoms with Gasteiger partial charge in [0, 0.05) is 12.1 Å². The number of carbonyl (C=O) groups is 2. The molecule has 0 radical (unpaired) electrons. The standard InChI is InChI=1S/C11H15NO3/c1-2-3-4-5-10(13)12(8-11(14)15)9-6-7-9/h2-5,9H,6-8H2,1H3,(H,14,15). The minimum absolute atomic E-state index is 0.129. The molecule has 15 heavy (non-hydrogen) atoms. The lowest BCUT2D eigenvalue weighted by molar-refractivity contribution is -0.143. The monoisotopic (exact) mass is 209 g/mol. The molecule has 4 heteroatoms. The maximum absolute atomic E-state index is 11.6. The molecule has 0 aliphatic heterocycles. The summed E-state index contributed by atoms with van der Waals surface area (Å²) in [4.78, 5) is 23.5. The first kappa shape index (κ1) is 11.5. The molecule has 0 bridgehead atoms. The normalized spacial score (nSPS) is 16.1. The lowest BCUT2D eigenvalue weighted by atomic mass is 10.3.